The lowest BCUT2D eigenvalue weighted by Gasteiger charge is -2.36. The fourth-order valence-electron chi connectivity index (χ4n) is 3.22. The fourth-order valence-corrected chi connectivity index (χ4v) is 3.49. The molecule has 0 bridgehead atoms. The number of carbonyl (C=O) groups is 1. The monoisotopic (exact) mass is 352 g/mol. The van der Waals surface area contributed by atoms with Gasteiger partial charge in [-0.3, -0.25) is 4.79 Å². The Hall–Kier alpha value is -0.870. The van der Waals surface area contributed by atoms with Gasteiger partial charge in [0.15, 0.2) is 0 Å². The van der Waals surface area contributed by atoms with Crippen molar-refractivity contribution in [1.29, 1.82) is 0 Å². The standard InChI is InChI=1S/C17H25BrN2O/c1-13(14-5-7-15(18)8-6-14)20-16(21)11-17(12-19)9-3-2-4-10-17/h5-8,13H,2-4,9-12,19H2,1H3,(H,20,21)/t13-/m1/s1. The highest BCUT2D eigenvalue weighted by molar-refractivity contribution is 9.10. The van der Waals surface area contributed by atoms with Gasteiger partial charge in [0.25, 0.3) is 0 Å². The molecule has 0 radical (unpaired) electrons. The van der Waals surface area contributed by atoms with Gasteiger partial charge in [-0.2, -0.15) is 0 Å². The van der Waals surface area contributed by atoms with Gasteiger partial charge < -0.3 is 11.1 Å². The summed E-state index contributed by atoms with van der Waals surface area (Å²) in [6, 6.07) is 8.10. The lowest BCUT2D eigenvalue weighted by atomic mass is 9.71. The highest BCUT2D eigenvalue weighted by atomic mass is 79.9. The van der Waals surface area contributed by atoms with E-state index < -0.39 is 0 Å². The first kappa shape index (κ1) is 16.5. The molecular weight excluding hydrogens is 328 g/mol. The summed E-state index contributed by atoms with van der Waals surface area (Å²) < 4.78 is 1.05. The zero-order chi connectivity index (χ0) is 15.3. The molecule has 0 saturated heterocycles. The predicted molar refractivity (Wildman–Crippen MR) is 89.9 cm³/mol. The lowest BCUT2D eigenvalue weighted by molar-refractivity contribution is -0.124. The van der Waals surface area contributed by atoms with Crippen LogP contribution in [0.2, 0.25) is 0 Å². The number of carbonyl (C=O) groups excluding carboxylic acids is 1. The van der Waals surface area contributed by atoms with Crippen LogP contribution in [-0.4, -0.2) is 12.5 Å². The van der Waals surface area contributed by atoms with Gasteiger partial charge in [-0.25, -0.2) is 0 Å². The molecule has 1 saturated carbocycles. The normalized spacial score (nSPS) is 19.0. The smallest absolute Gasteiger partial charge is 0.221 e. The van der Waals surface area contributed by atoms with Crippen LogP contribution in [0.1, 0.15) is 57.1 Å². The molecule has 4 heteroatoms. The Morgan fingerprint density at radius 1 is 1.29 bits per heavy atom. The van der Waals surface area contributed by atoms with Crippen LogP contribution in [0.15, 0.2) is 28.7 Å². The third kappa shape index (κ3) is 4.55. The molecule has 1 aliphatic carbocycles. The number of halogens is 1. The molecular formula is C17H25BrN2O. The highest BCUT2D eigenvalue weighted by Gasteiger charge is 2.33. The Morgan fingerprint density at radius 2 is 1.90 bits per heavy atom. The summed E-state index contributed by atoms with van der Waals surface area (Å²) in [5, 5.41) is 3.11. The van der Waals surface area contributed by atoms with Crippen molar-refractivity contribution in [2.24, 2.45) is 11.1 Å². The van der Waals surface area contributed by atoms with E-state index in [1.165, 1.54) is 19.3 Å². The lowest BCUT2D eigenvalue weighted by Crippen LogP contribution is -2.39. The number of nitrogens with two attached hydrogens (primary N) is 1. The molecule has 0 unspecified atom stereocenters. The maximum Gasteiger partial charge on any atom is 0.221 e. The Kier molecular flexibility index (Phi) is 5.82. The zero-order valence-corrected chi connectivity index (χ0v) is 14.3. The van der Waals surface area contributed by atoms with Crippen LogP contribution in [0.3, 0.4) is 0 Å². The van der Waals surface area contributed by atoms with E-state index in [0.29, 0.717) is 13.0 Å². The number of rotatable bonds is 5. The zero-order valence-electron chi connectivity index (χ0n) is 12.7. The second kappa shape index (κ2) is 7.41. The van der Waals surface area contributed by atoms with Crippen molar-refractivity contribution in [2.45, 2.75) is 51.5 Å². The molecule has 0 heterocycles. The number of benzene rings is 1. The third-order valence-corrected chi connectivity index (χ3v) is 5.16. The molecule has 1 aromatic carbocycles. The van der Waals surface area contributed by atoms with E-state index >= 15 is 0 Å². The van der Waals surface area contributed by atoms with Crippen molar-refractivity contribution < 1.29 is 4.79 Å². The molecule has 1 aliphatic rings. The molecule has 1 atom stereocenters. The Balaban J connectivity index is 1.92. The molecule has 1 aromatic rings. The largest absolute Gasteiger partial charge is 0.350 e. The highest BCUT2D eigenvalue weighted by Crippen LogP contribution is 2.38. The fraction of sp³-hybridized carbons (Fsp3) is 0.588. The maximum absolute atomic E-state index is 12.4. The minimum Gasteiger partial charge on any atom is -0.350 e. The van der Waals surface area contributed by atoms with E-state index in [2.05, 4.69) is 21.2 Å². The minimum absolute atomic E-state index is 0.0295. The van der Waals surface area contributed by atoms with E-state index in [4.69, 9.17) is 5.73 Å². The van der Waals surface area contributed by atoms with Gasteiger partial charge in [0.05, 0.1) is 6.04 Å². The molecule has 1 amide bonds. The number of nitrogens with one attached hydrogen (secondary N) is 1. The molecule has 116 valence electrons. The Bertz CT molecular complexity index is 466. The second-order valence-electron chi connectivity index (χ2n) is 6.28. The van der Waals surface area contributed by atoms with Crippen molar-refractivity contribution in [2.75, 3.05) is 6.54 Å². The number of hydrogen-bond donors (Lipinski definition) is 2. The van der Waals surface area contributed by atoms with E-state index in [-0.39, 0.29) is 17.4 Å². The molecule has 21 heavy (non-hydrogen) atoms. The first-order valence-electron chi connectivity index (χ1n) is 7.80. The molecule has 1 fully saturated rings. The predicted octanol–water partition coefficient (Wildman–Crippen LogP) is 3.93. The van der Waals surface area contributed by atoms with E-state index in [1.807, 2.05) is 31.2 Å². The SMILES string of the molecule is C[C@@H](NC(=O)CC1(CN)CCCCC1)c1ccc(Br)cc1. The first-order valence-corrected chi connectivity index (χ1v) is 8.59. The summed E-state index contributed by atoms with van der Waals surface area (Å²) in [6.07, 6.45) is 6.41. The van der Waals surface area contributed by atoms with Gasteiger partial charge in [0.2, 0.25) is 5.91 Å². The van der Waals surface area contributed by atoms with Crippen LogP contribution in [0.5, 0.6) is 0 Å². The van der Waals surface area contributed by atoms with Gasteiger partial charge in [-0.15, -0.1) is 0 Å². The topological polar surface area (TPSA) is 55.1 Å². The summed E-state index contributed by atoms with van der Waals surface area (Å²) in [5.74, 6) is 0.123. The van der Waals surface area contributed by atoms with E-state index in [0.717, 1.165) is 22.9 Å². The van der Waals surface area contributed by atoms with Crippen molar-refractivity contribution in [3.05, 3.63) is 34.3 Å². The van der Waals surface area contributed by atoms with Crippen LogP contribution in [0, 0.1) is 5.41 Å². The minimum atomic E-state index is 0.0295. The molecule has 3 N–H and O–H groups in total. The van der Waals surface area contributed by atoms with Crippen LogP contribution in [0.4, 0.5) is 0 Å². The summed E-state index contributed by atoms with van der Waals surface area (Å²) in [7, 11) is 0. The Labute approximate surface area is 135 Å². The maximum atomic E-state index is 12.4. The summed E-state index contributed by atoms with van der Waals surface area (Å²) in [5.41, 5.74) is 7.11. The van der Waals surface area contributed by atoms with Gasteiger partial charge in [-0.05, 0) is 49.4 Å². The Morgan fingerprint density at radius 3 is 2.48 bits per heavy atom. The molecule has 0 aromatic heterocycles. The molecule has 2 rings (SSSR count). The average molecular weight is 353 g/mol. The molecule has 0 aliphatic heterocycles. The van der Waals surface area contributed by atoms with Crippen molar-refractivity contribution in [1.82, 2.24) is 5.32 Å². The molecule has 0 spiro atoms. The summed E-state index contributed by atoms with van der Waals surface area (Å²) in [6.45, 7) is 2.64. The summed E-state index contributed by atoms with van der Waals surface area (Å²) in [4.78, 5) is 12.4. The quantitative estimate of drug-likeness (QED) is 0.843. The van der Waals surface area contributed by atoms with Crippen LogP contribution >= 0.6 is 15.9 Å². The van der Waals surface area contributed by atoms with Crippen LogP contribution < -0.4 is 11.1 Å². The van der Waals surface area contributed by atoms with Crippen LogP contribution in [-0.2, 0) is 4.79 Å². The number of hydrogen-bond acceptors (Lipinski definition) is 2. The molecule has 3 nitrogen and oxygen atoms in total. The third-order valence-electron chi connectivity index (χ3n) is 4.63. The number of amides is 1. The van der Waals surface area contributed by atoms with Gasteiger partial charge in [0.1, 0.15) is 0 Å². The van der Waals surface area contributed by atoms with Gasteiger partial charge in [-0.1, -0.05) is 47.3 Å². The summed E-state index contributed by atoms with van der Waals surface area (Å²) >= 11 is 3.43. The van der Waals surface area contributed by atoms with Crippen molar-refractivity contribution >= 4 is 21.8 Å². The van der Waals surface area contributed by atoms with Crippen LogP contribution in [0.25, 0.3) is 0 Å². The van der Waals surface area contributed by atoms with Crippen molar-refractivity contribution in [3.8, 4) is 0 Å². The van der Waals surface area contributed by atoms with Crippen molar-refractivity contribution in [3.63, 3.8) is 0 Å². The first-order chi connectivity index (χ1) is 10.0. The van der Waals surface area contributed by atoms with Gasteiger partial charge in [0, 0.05) is 10.9 Å². The van der Waals surface area contributed by atoms with E-state index in [9.17, 15) is 4.79 Å². The van der Waals surface area contributed by atoms with E-state index in [1.54, 1.807) is 0 Å². The van der Waals surface area contributed by atoms with Gasteiger partial charge >= 0.3 is 0 Å². The second-order valence-corrected chi connectivity index (χ2v) is 7.20. The average Bonchev–Trinajstić information content (AvgIpc) is 2.48.